The Hall–Kier alpha value is -0.160. The molecule has 170 valence electrons. The highest BCUT2D eigenvalue weighted by Crippen LogP contribution is 2.36. The van der Waals surface area contributed by atoms with E-state index in [9.17, 15) is 0 Å². The predicted molar refractivity (Wildman–Crippen MR) is 118 cm³/mol. The minimum Gasteiger partial charge on any atom is -0.228 e. The van der Waals surface area contributed by atoms with E-state index >= 15 is 0 Å². The first-order valence-corrected chi connectivity index (χ1v) is 11.9. The summed E-state index contributed by atoms with van der Waals surface area (Å²) in [5.74, 6) is -0.756. The van der Waals surface area contributed by atoms with Crippen LogP contribution in [0.15, 0.2) is 0 Å². The summed E-state index contributed by atoms with van der Waals surface area (Å²) in [6.07, 6.45) is 14.6. The fourth-order valence-corrected chi connectivity index (χ4v) is 3.44. The molecular weight excluding hydrogens is 352 g/mol. The Labute approximate surface area is 175 Å². The van der Waals surface area contributed by atoms with Crippen molar-refractivity contribution in [2.24, 2.45) is 0 Å². The molecule has 0 atom stereocenters. The molecule has 0 N–H and O–H groups in total. The summed E-state index contributed by atoms with van der Waals surface area (Å²) in [6.45, 7) is 17.0. The lowest BCUT2D eigenvalue weighted by Crippen LogP contribution is -2.43. The second-order valence-electron chi connectivity index (χ2n) is 9.53. The minimum absolute atomic E-state index is 0.304. The number of hydrogen-bond donors (Lipinski definition) is 0. The minimum atomic E-state index is -0.756. The average molecular weight is 403 g/mol. The number of hydrogen-bond acceptors (Lipinski definition) is 4. The third-order valence-corrected chi connectivity index (χ3v) is 5.11. The molecule has 0 aromatic heterocycles. The van der Waals surface area contributed by atoms with E-state index in [1.807, 2.05) is 0 Å². The molecule has 1 aliphatic carbocycles. The van der Waals surface area contributed by atoms with Crippen molar-refractivity contribution in [3.63, 3.8) is 0 Å². The van der Waals surface area contributed by atoms with Gasteiger partial charge < -0.3 is 0 Å². The topological polar surface area (TPSA) is 36.9 Å². The van der Waals surface area contributed by atoms with Crippen LogP contribution in [0.4, 0.5) is 0 Å². The summed E-state index contributed by atoms with van der Waals surface area (Å²) in [7, 11) is 0. The van der Waals surface area contributed by atoms with Gasteiger partial charge in [-0.05, 0) is 53.4 Å². The molecule has 0 spiro atoms. The molecule has 0 heterocycles. The lowest BCUT2D eigenvalue weighted by Gasteiger charge is -2.38. The van der Waals surface area contributed by atoms with E-state index in [4.69, 9.17) is 19.6 Å². The predicted octanol–water partition coefficient (Wildman–Crippen LogP) is 8.29. The largest absolute Gasteiger partial charge is 0.234 e. The van der Waals surface area contributed by atoms with Crippen LogP contribution >= 0.6 is 0 Å². The summed E-state index contributed by atoms with van der Waals surface area (Å²) in [5, 5.41) is 0. The van der Waals surface area contributed by atoms with Crippen LogP contribution in [0, 0.1) is 0 Å². The molecule has 0 radical (unpaired) electrons. The smallest absolute Gasteiger partial charge is 0.228 e. The monoisotopic (exact) mass is 402 g/mol. The van der Waals surface area contributed by atoms with Gasteiger partial charge in [-0.2, -0.15) is 9.78 Å². The van der Waals surface area contributed by atoms with Gasteiger partial charge in [0.05, 0.1) is 11.2 Å². The molecule has 0 aromatic carbocycles. The van der Waals surface area contributed by atoms with Crippen molar-refractivity contribution in [3.05, 3.63) is 0 Å². The summed E-state index contributed by atoms with van der Waals surface area (Å²) in [5.41, 5.74) is -0.608. The van der Waals surface area contributed by atoms with Crippen LogP contribution in [0.5, 0.6) is 0 Å². The van der Waals surface area contributed by atoms with Crippen LogP contribution in [0.1, 0.15) is 139 Å². The van der Waals surface area contributed by atoms with Crippen molar-refractivity contribution in [1.82, 2.24) is 0 Å². The van der Waals surface area contributed by atoms with Crippen LogP contribution in [0.3, 0.4) is 0 Å². The van der Waals surface area contributed by atoms with E-state index in [2.05, 4.69) is 55.4 Å². The van der Waals surface area contributed by atoms with Crippen molar-refractivity contribution in [1.29, 1.82) is 0 Å². The fourth-order valence-electron chi connectivity index (χ4n) is 3.44. The van der Waals surface area contributed by atoms with E-state index in [0.29, 0.717) is 0 Å². The maximum Gasteiger partial charge on any atom is 0.234 e. The summed E-state index contributed by atoms with van der Waals surface area (Å²) in [4.78, 5) is 23.1. The number of unbranched alkanes of at least 4 members (excludes halogenated alkanes) is 3. The van der Waals surface area contributed by atoms with E-state index in [1.54, 1.807) is 0 Å². The van der Waals surface area contributed by atoms with E-state index in [-0.39, 0.29) is 11.2 Å². The molecule has 0 saturated heterocycles. The van der Waals surface area contributed by atoms with Gasteiger partial charge in [-0.25, -0.2) is 9.78 Å². The third kappa shape index (κ3) is 13.1. The molecule has 1 saturated carbocycles. The SMILES string of the molecule is CCCC(C)(C)OOC1(OOC(C)(C)CCC)CCCCC1.CCCCCC. The standard InChI is InChI=1S/C18H36O4.C6H14/c1-7-12-16(3,4)19-21-18(14-10-9-11-15-18)22-20-17(5,6)13-8-2;1-3-5-6-4-2/h7-15H2,1-6H3;3-6H2,1-2H3. The molecule has 4 heteroatoms. The van der Waals surface area contributed by atoms with Crippen molar-refractivity contribution < 1.29 is 19.6 Å². The average Bonchev–Trinajstić information content (AvgIpc) is 2.65. The molecule has 1 fully saturated rings. The van der Waals surface area contributed by atoms with Gasteiger partial charge >= 0.3 is 0 Å². The van der Waals surface area contributed by atoms with Crippen molar-refractivity contribution >= 4 is 0 Å². The van der Waals surface area contributed by atoms with Gasteiger partial charge in [0.15, 0.2) is 0 Å². The Bertz CT molecular complexity index is 332. The zero-order chi connectivity index (χ0) is 21.5. The van der Waals surface area contributed by atoms with E-state index in [1.165, 1.54) is 32.1 Å². The quantitative estimate of drug-likeness (QED) is 0.134. The Morgan fingerprint density at radius 1 is 0.607 bits per heavy atom. The fraction of sp³-hybridized carbons (Fsp3) is 1.00. The highest BCUT2D eigenvalue weighted by Gasteiger charge is 2.40. The molecule has 0 bridgehead atoms. The first-order chi connectivity index (χ1) is 13.2. The van der Waals surface area contributed by atoms with Crippen molar-refractivity contribution in [3.8, 4) is 0 Å². The summed E-state index contributed by atoms with van der Waals surface area (Å²) < 4.78 is 0. The van der Waals surface area contributed by atoms with Crippen LogP contribution in [0.2, 0.25) is 0 Å². The van der Waals surface area contributed by atoms with Gasteiger partial charge in [-0.3, -0.25) is 0 Å². The van der Waals surface area contributed by atoms with Gasteiger partial charge in [0, 0.05) is 12.8 Å². The van der Waals surface area contributed by atoms with E-state index < -0.39 is 5.79 Å². The molecule has 1 aliphatic rings. The first-order valence-electron chi connectivity index (χ1n) is 11.9. The van der Waals surface area contributed by atoms with Crippen LogP contribution < -0.4 is 0 Å². The highest BCUT2D eigenvalue weighted by molar-refractivity contribution is 4.75. The normalized spacial score (nSPS) is 17.1. The lowest BCUT2D eigenvalue weighted by molar-refractivity contribution is -0.548. The van der Waals surface area contributed by atoms with Crippen molar-refractivity contribution in [2.45, 2.75) is 156 Å². The van der Waals surface area contributed by atoms with Crippen molar-refractivity contribution in [2.75, 3.05) is 0 Å². The molecule has 0 aliphatic heterocycles. The van der Waals surface area contributed by atoms with Gasteiger partial charge in [-0.15, -0.1) is 0 Å². The second kappa shape index (κ2) is 14.8. The Morgan fingerprint density at radius 2 is 1.00 bits per heavy atom. The van der Waals surface area contributed by atoms with Gasteiger partial charge in [0.1, 0.15) is 0 Å². The highest BCUT2D eigenvalue weighted by atomic mass is 17.3. The Morgan fingerprint density at radius 3 is 1.32 bits per heavy atom. The molecule has 4 nitrogen and oxygen atoms in total. The zero-order valence-corrected chi connectivity index (χ0v) is 20.3. The Balaban J connectivity index is 0.00000105. The zero-order valence-electron chi connectivity index (χ0n) is 20.3. The lowest BCUT2D eigenvalue weighted by atomic mass is 9.94. The van der Waals surface area contributed by atoms with Crippen LogP contribution in [-0.4, -0.2) is 17.0 Å². The molecule has 28 heavy (non-hydrogen) atoms. The molecular formula is C24H50O4. The molecule has 0 aromatic rings. The maximum atomic E-state index is 5.81. The van der Waals surface area contributed by atoms with Gasteiger partial charge in [-0.1, -0.05) is 72.6 Å². The van der Waals surface area contributed by atoms with Crippen LogP contribution in [0.25, 0.3) is 0 Å². The summed E-state index contributed by atoms with van der Waals surface area (Å²) >= 11 is 0. The van der Waals surface area contributed by atoms with Gasteiger partial charge in [0.25, 0.3) is 0 Å². The summed E-state index contributed by atoms with van der Waals surface area (Å²) in [6, 6.07) is 0. The molecule has 1 rings (SSSR count). The molecule has 0 amide bonds. The third-order valence-electron chi connectivity index (χ3n) is 5.11. The first kappa shape index (κ1) is 27.8. The Kier molecular flexibility index (Phi) is 14.7. The van der Waals surface area contributed by atoms with Crippen LogP contribution in [-0.2, 0) is 19.6 Å². The second-order valence-corrected chi connectivity index (χ2v) is 9.53. The van der Waals surface area contributed by atoms with E-state index in [0.717, 1.165) is 51.4 Å². The van der Waals surface area contributed by atoms with Gasteiger partial charge in [0.2, 0.25) is 5.79 Å². The maximum absolute atomic E-state index is 5.81. The number of rotatable bonds is 13. The molecule has 0 unspecified atom stereocenters.